The van der Waals surface area contributed by atoms with Gasteiger partial charge in [-0.1, -0.05) is 6.07 Å². The van der Waals surface area contributed by atoms with Crippen molar-refractivity contribution in [3.05, 3.63) is 46.5 Å². The minimum Gasteiger partial charge on any atom is -1.00 e. The van der Waals surface area contributed by atoms with Crippen molar-refractivity contribution >= 4 is 0 Å². The number of fused-ring (bicyclic) bond motifs is 4. The summed E-state index contributed by atoms with van der Waals surface area (Å²) in [5.74, 6) is 3.31. The van der Waals surface area contributed by atoms with Crippen molar-refractivity contribution in [1.82, 2.24) is 0 Å². The number of likely N-dealkylation sites (N-methyl/N-ethyl adjacent to an activating group) is 1. The van der Waals surface area contributed by atoms with Crippen LogP contribution in [0, 0.1) is 0 Å². The molecule has 0 N–H and O–H groups in total. The molecule has 2 unspecified atom stereocenters. The highest BCUT2D eigenvalue weighted by Gasteiger charge is 2.44. The van der Waals surface area contributed by atoms with Gasteiger partial charge < -0.3 is 47.4 Å². The molecule has 0 saturated carbocycles. The van der Waals surface area contributed by atoms with Gasteiger partial charge in [-0.2, -0.15) is 0 Å². The number of hydrogen-bond acceptors (Lipinski definition) is 4. The fraction of sp³-hybridized carbons (Fsp3) is 0.455. The maximum absolute atomic E-state index is 5.72. The third-order valence-corrected chi connectivity index (χ3v) is 6.33. The van der Waals surface area contributed by atoms with Crippen LogP contribution in [0.5, 0.6) is 23.0 Å². The van der Waals surface area contributed by atoms with Crippen LogP contribution < -0.4 is 42.9 Å². The van der Waals surface area contributed by atoms with Crippen LogP contribution in [0.4, 0.5) is 0 Å². The SMILES string of the molecule is COc1cc2c(cc1OC)C1Cc3ccc(OC)c(OC)c3C[N+]1(C)CC2.[I-]. The Morgan fingerprint density at radius 3 is 2.18 bits per heavy atom. The summed E-state index contributed by atoms with van der Waals surface area (Å²) in [6.07, 6.45) is 2.01. The number of rotatable bonds is 4. The van der Waals surface area contributed by atoms with E-state index >= 15 is 0 Å². The van der Waals surface area contributed by atoms with E-state index in [1.165, 1.54) is 22.3 Å². The lowest BCUT2D eigenvalue weighted by atomic mass is 9.81. The highest BCUT2D eigenvalue weighted by atomic mass is 127. The summed E-state index contributed by atoms with van der Waals surface area (Å²) in [7, 11) is 9.18. The van der Waals surface area contributed by atoms with Crippen molar-refractivity contribution in [2.45, 2.75) is 25.4 Å². The molecule has 0 amide bonds. The zero-order valence-corrected chi connectivity index (χ0v) is 19.3. The van der Waals surface area contributed by atoms with Crippen molar-refractivity contribution < 1.29 is 47.4 Å². The molecule has 4 rings (SSSR count). The number of ether oxygens (including phenoxy) is 4. The summed E-state index contributed by atoms with van der Waals surface area (Å²) in [6.45, 7) is 2.03. The first-order valence-electron chi connectivity index (χ1n) is 9.36. The Labute approximate surface area is 184 Å². The molecule has 0 saturated heterocycles. The summed E-state index contributed by atoms with van der Waals surface area (Å²) < 4.78 is 23.3. The Hall–Kier alpha value is -1.67. The number of halogens is 1. The first-order chi connectivity index (χ1) is 13.0. The van der Waals surface area contributed by atoms with E-state index in [0.29, 0.717) is 6.04 Å². The summed E-state index contributed by atoms with van der Waals surface area (Å²) in [5.41, 5.74) is 5.37. The molecule has 0 aliphatic carbocycles. The van der Waals surface area contributed by atoms with Gasteiger partial charge in [-0.25, -0.2) is 0 Å². The first-order valence-corrected chi connectivity index (χ1v) is 9.36. The molecule has 2 aromatic rings. The van der Waals surface area contributed by atoms with Gasteiger partial charge in [0.05, 0.1) is 47.6 Å². The Morgan fingerprint density at radius 1 is 0.857 bits per heavy atom. The summed E-state index contributed by atoms with van der Waals surface area (Å²) >= 11 is 0. The molecule has 0 bridgehead atoms. The zero-order chi connectivity index (χ0) is 19.2. The van der Waals surface area contributed by atoms with Crippen LogP contribution in [0.3, 0.4) is 0 Å². The second-order valence-electron chi connectivity index (χ2n) is 7.68. The molecule has 2 aliphatic heterocycles. The molecular weight excluding hydrogens is 469 g/mol. The third-order valence-electron chi connectivity index (χ3n) is 6.33. The molecule has 2 heterocycles. The van der Waals surface area contributed by atoms with Gasteiger partial charge in [0.25, 0.3) is 0 Å². The quantitative estimate of drug-likeness (QED) is 0.457. The van der Waals surface area contributed by atoms with Gasteiger partial charge in [0.2, 0.25) is 0 Å². The Balaban J connectivity index is 0.00000225. The lowest BCUT2D eigenvalue weighted by Gasteiger charge is -2.49. The van der Waals surface area contributed by atoms with E-state index in [1.807, 2.05) is 6.07 Å². The van der Waals surface area contributed by atoms with Crippen molar-refractivity contribution in [1.29, 1.82) is 0 Å². The van der Waals surface area contributed by atoms with Crippen LogP contribution in [0.1, 0.15) is 28.3 Å². The Bertz CT molecular complexity index is 885. The monoisotopic (exact) mass is 497 g/mol. The van der Waals surface area contributed by atoms with Gasteiger partial charge in [0, 0.05) is 18.4 Å². The van der Waals surface area contributed by atoms with E-state index in [4.69, 9.17) is 18.9 Å². The van der Waals surface area contributed by atoms with Crippen LogP contribution in [0.15, 0.2) is 24.3 Å². The topological polar surface area (TPSA) is 36.9 Å². The van der Waals surface area contributed by atoms with E-state index in [9.17, 15) is 0 Å². The molecule has 0 aromatic heterocycles. The van der Waals surface area contributed by atoms with Crippen LogP contribution in [-0.4, -0.2) is 46.5 Å². The fourth-order valence-electron chi connectivity index (χ4n) is 4.82. The molecule has 0 spiro atoms. The Morgan fingerprint density at radius 2 is 1.54 bits per heavy atom. The average Bonchev–Trinajstić information content (AvgIpc) is 2.70. The van der Waals surface area contributed by atoms with Gasteiger partial charge in [0.1, 0.15) is 12.6 Å². The lowest BCUT2D eigenvalue weighted by molar-refractivity contribution is -0.956. The minimum atomic E-state index is 0. The smallest absolute Gasteiger partial charge is 0.169 e. The van der Waals surface area contributed by atoms with Crippen molar-refractivity contribution in [3.63, 3.8) is 0 Å². The molecule has 2 aromatic carbocycles. The van der Waals surface area contributed by atoms with Gasteiger partial charge >= 0.3 is 0 Å². The average molecular weight is 497 g/mol. The predicted octanol–water partition coefficient (Wildman–Crippen LogP) is 0.525. The maximum atomic E-state index is 5.72. The summed E-state index contributed by atoms with van der Waals surface area (Å²) in [6, 6.07) is 8.95. The fourth-order valence-corrected chi connectivity index (χ4v) is 4.82. The largest absolute Gasteiger partial charge is 1.00 e. The van der Waals surface area contributed by atoms with Gasteiger partial charge in [0.15, 0.2) is 23.0 Å². The Kier molecular flexibility index (Phi) is 6.00. The third kappa shape index (κ3) is 3.20. The number of methoxy groups -OCH3 is 4. The van der Waals surface area contributed by atoms with Gasteiger partial charge in [-0.3, -0.25) is 0 Å². The number of hydrogen-bond donors (Lipinski definition) is 0. The number of benzene rings is 2. The number of nitrogens with zero attached hydrogens (tertiary/aromatic N) is 1. The van der Waals surface area contributed by atoms with E-state index in [-0.39, 0.29) is 24.0 Å². The molecule has 2 atom stereocenters. The highest BCUT2D eigenvalue weighted by molar-refractivity contribution is 5.53. The molecule has 2 aliphatic rings. The highest BCUT2D eigenvalue weighted by Crippen LogP contribution is 2.48. The van der Waals surface area contributed by atoms with Crippen molar-refractivity contribution in [2.24, 2.45) is 0 Å². The standard InChI is InChI=1S/C22H28NO4.HI/c1-23-9-8-15-11-20(25-3)21(26-4)12-16(15)18(23)10-14-6-7-19(24-2)22(27-5)17(14)13-23;/h6-7,11-12,18H,8-10,13H2,1-5H3;1H/q+1;/p-1. The van der Waals surface area contributed by atoms with E-state index in [0.717, 1.165) is 53.4 Å². The second-order valence-corrected chi connectivity index (χ2v) is 7.68. The molecule has 28 heavy (non-hydrogen) atoms. The molecule has 5 nitrogen and oxygen atoms in total. The molecule has 6 heteroatoms. The molecule has 152 valence electrons. The normalized spacial score (nSPS) is 22.1. The summed E-state index contributed by atoms with van der Waals surface area (Å²) in [4.78, 5) is 0. The minimum absolute atomic E-state index is 0. The molecule has 0 radical (unpaired) electrons. The number of quaternary nitrogens is 1. The van der Waals surface area contributed by atoms with Crippen LogP contribution in [0.25, 0.3) is 0 Å². The molecule has 0 fully saturated rings. The van der Waals surface area contributed by atoms with Crippen LogP contribution in [-0.2, 0) is 19.4 Å². The lowest BCUT2D eigenvalue weighted by Crippen LogP contribution is -3.00. The summed E-state index contributed by atoms with van der Waals surface area (Å²) in [5, 5.41) is 0. The predicted molar refractivity (Wildman–Crippen MR) is 104 cm³/mol. The molecular formula is C22H28INO4. The van der Waals surface area contributed by atoms with Crippen molar-refractivity contribution in [2.75, 3.05) is 42.0 Å². The second kappa shape index (κ2) is 7.99. The van der Waals surface area contributed by atoms with E-state index < -0.39 is 0 Å². The van der Waals surface area contributed by atoms with Crippen molar-refractivity contribution in [3.8, 4) is 23.0 Å². The van der Waals surface area contributed by atoms with E-state index in [2.05, 4.69) is 25.2 Å². The maximum Gasteiger partial charge on any atom is 0.169 e. The first kappa shape index (κ1) is 21.0. The van der Waals surface area contributed by atoms with Crippen LogP contribution in [0.2, 0.25) is 0 Å². The zero-order valence-electron chi connectivity index (χ0n) is 17.2. The van der Waals surface area contributed by atoms with Gasteiger partial charge in [-0.15, -0.1) is 0 Å². The van der Waals surface area contributed by atoms with Crippen LogP contribution >= 0.6 is 0 Å². The van der Waals surface area contributed by atoms with Gasteiger partial charge in [-0.05, 0) is 29.3 Å². The van der Waals surface area contributed by atoms with E-state index in [1.54, 1.807) is 28.4 Å².